The maximum Gasteiger partial charge on any atom is 0.0726 e. The minimum Gasteiger partial charge on any atom is -0.369 e. The first-order valence-corrected chi connectivity index (χ1v) is 7.06. The van der Waals surface area contributed by atoms with Gasteiger partial charge in [0.2, 0.25) is 0 Å². The third kappa shape index (κ3) is 2.43. The Balaban J connectivity index is 2.03. The summed E-state index contributed by atoms with van der Waals surface area (Å²) in [6.45, 7) is 4.31. The molecule has 1 aromatic heterocycles. The number of fused-ring (bicyclic) bond motifs is 1. The lowest BCUT2D eigenvalue weighted by Crippen LogP contribution is -2.44. The minimum atomic E-state index is 0.598. The lowest BCUT2D eigenvalue weighted by Gasteiger charge is -2.35. The van der Waals surface area contributed by atoms with Gasteiger partial charge in [-0.15, -0.1) is 0 Å². The Morgan fingerprint density at radius 3 is 3.00 bits per heavy atom. The molecule has 19 heavy (non-hydrogen) atoms. The lowest BCUT2D eigenvalue weighted by molar-refractivity contribution is 0.450. The molecule has 100 valence electrons. The van der Waals surface area contributed by atoms with E-state index in [0.29, 0.717) is 6.04 Å². The number of aryl methyl sites for hydroxylation is 1. The predicted octanol–water partition coefficient (Wildman–Crippen LogP) is 2.73. The number of rotatable bonds is 2. The Kier molecular flexibility index (Phi) is 3.38. The molecule has 0 radical (unpaired) electrons. The molecule has 3 nitrogen and oxygen atoms in total. The number of likely N-dealkylation sites (N-methyl/N-ethyl adjacent to an activating group) is 1. The molecule has 3 heteroatoms. The Morgan fingerprint density at radius 2 is 2.16 bits per heavy atom. The number of piperidine rings is 1. The minimum absolute atomic E-state index is 0.598. The molecule has 1 aliphatic heterocycles. The Labute approximate surface area is 114 Å². The molecule has 0 saturated carbocycles. The Bertz CT molecular complexity index is 579. The summed E-state index contributed by atoms with van der Waals surface area (Å²) < 4.78 is 0. The Morgan fingerprint density at radius 1 is 1.32 bits per heavy atom. The number of hydrogen-bond donors (Lipinski definition) is 1. The van der Waals surface area contributed by atoms with Crippen molar-refractivity contribution >= 4 is 16.6 Å². The van der Waals surface area contributed by atoms with Crippen molar-refractivity contribution in [3.8, 4) is 0 Å². The molecule has 1 aromatic carbocycles. The summed E-state index contributed by atoms with van der Waals surface area (Å²) in [5.74, 6) is 0. The van der Waals surface area contributed by atoms with Crippen molar-refractivity contribution < 1.29 is 0 Å². The van der Waals surface area contributed by atoms with Crippen LogP contribution in [0.15, 0.2) is 30.3 Å². The average Bonchev–Trinajstić information content (AvgIpc) is 2.46. The molecule has 1 atom stereocenters. The van der Waals surface area contributed by atoms with Gasteiger partial charge in [0.05, 0.1) is 5.52 Å². The molecule has 1 unspecified atom stereocenters. The number of nitrogens with one attached hydrogen (secondary N) is 1. The summed E-state index contributed by atoms with van der Waals surface area (Å²) in [7, 11) is 2.06. The van der Waals surface area contributed by atoms with E-state index >= 15 is 0 Å². The fourth-order valence-electron chi connectivity index (χ4n) is 2.98. The largest absolute Gasteiger partial charge is 0.369 e. The van der Waals surface area contributed by atoms with E-state index in [-0.39, 0.29) is 0 Å². The fraction of sp³-hybridized carbons (Fsp3) is 0.438. The molecule has 1 fully saturated rings. The highest BCUT2D eigenvalue weighted by Gasteiger charge is 2.20. The number of aromatic nitrogens is 1. The molecular weight excluding hydrogens is 234 g/mol. The van der Waals surface area contributed by atoms with Crippen molar-refractivity contribution in [1.29, 1.82) is 0 Å². The van der Waals surface area contributed by atoms with Crippen LogP contribution in [0.2, 0.25) is 0 Å². The number of anilines is 1. The molecule has 2 heterocycles. The second kappa shape index (κ2) is 5.17. The topological polar surface area (TPSA) is 28.2 Å². The van der Waals surface area contributed by atoms with Crippen LogP contribution in [-0.2, 0) is 0 Å². The van der Waals surface area contributed by atoms with Crippen LogP contribution in [0, 0.1) is 6.92 Å². The summed E-state index contributed by atoms with van der Waals surface area (Å²) in [4.78, 5) is 7.13. The molecule has 0 aliphatic carbocycles. The van der Waals surface area contributed by atoms with Crippen LogP contribution in [0.4, 0.5) is 5.69 Å². The van der Waals surface area contributed by atoms with Crippen molar-refractivity contribution in [2.24, 2.45) is 0 Å². The average molecular weight is 255 g/mol. The zero-order valence-electron chi connectivity index (χ0n) is 11.7. The van der Waals surface area contributed by atoms with Gasteiger partial charge in [-0.1, -0.05) is 18.2 Å². The molecule has 3 rings (SSSR count). The van der Waals surface area contributed by atoms with Gasteiger partial charge in [0.25, 0.3) is 0 Å². The summed E-state index contributed by atoms with van der Waals surface area (Å²) in [5.41, 5.74) is 3.53. The van der Waals surface area contributed by atoms with Crippen LogP contribution in [0.1, 0.15) is 18.5 Å². The van der Waals surface area contributed by atoms with E-state index in [1.54, 1.807) is 0 Å². The van der Waals surface area contributed by atoms with E-state index in [9.17, 15) is 0 Å². The standard InChI is InChI=1S/C16H21N3/c1-12-10-16(14-7-3-4-8-15(14)18-12)19-9-5-6-13(11-19)17-2/h3-4,7-8,10,13,17H,5-6,9,11H2,1-2H3. The number of pyridine rings is 1. The van der Waals surface area contributed by atoms with Crippen molar-refractivity contribution in [2.45, 2.75) is 25.8 Å². The highest BCUT2D eigenvalue weighted by molar-refractivity contribution is 5.92. The van der Waals surface area contributed by atoms with Gasteiger partial charge in [-0.25, -0.2) is 0 Å². The monoisotopic (exact) mass is 255 g/mol. The van der Waals surface area contributed by atoms with Crippen molar-refractivity contribution in [3.05, 3.63) is 36.0 Å². The van der Waals surface area contributed by atoms with Crippen molar-refractivity contribution in [2.75, 3.05) is 25.0 Å². The molecule has 0 bridgehead atoms. The second-order valence-electron chi connectivity index (χ2n) is 5.37. The third-order valence-corrected chi connectivity index (χ3v) is 3.99. The molecule has 0 amide bonds. The SMILES string of the molecule is CNC1CCCN(c2cc(C)nc3ccccc23)C1. The number of benzene rings is 1. The number of hydrogen-bond acceptors (Lipinski definition) is 3. The molecule has 1 N–H and O–H groups in total. The quantitative estimate of drug-likeness (QED) is 0.894. The maximum atomic E-state index is 4.63. The molecule has 2 aromatic rings. The van der Waals surface area contributed by atoms with Gasteiger partial charge in [-0.05, 0) is 38.9 Å². The zero-order valence-corrected chi connectivity index (χ0v) is 11.7. The van der Waals surface area contributed by atoms with Gasteiger partial charge >= 0.3 is 0 Å². The summed E-state index contributed by atoms with van der Waals surface area (Å²) in [6, 6.07) is 11.3. The van der Waals surface area contributed by atoms with Crippen LogP contribution >= 0.6 is 0 Å². The van der Waals surface area contributed by atoms with E-state index in [1.165, 1.54) is 23.9 Å². The molecule has 0 spiro atoms. The normalized spacial score (nSPS) is 19.9. The third-order valence-electron chi connectivity index (χ3n) is 3.99. The highest BCUT2D eigenvalue weighted by Crippen LogP contribution is 2.28. The van der Waals surface area contributed by atoms with Gasteiger partial charge in [-0.3, -0.25) is 4.98 Å². The predicted molar refractivity (Wildman–Crippen MR) is 80.8 cm³/mol. The summed E-state index contributed by atoms with van der Waals surface area (Å²) in [5, 5.41) is 4.68. The summed E-state index contributed by atoms with van der Waals surface area (Å²) in [6.07, 6.45) is 2.52. The zero-order chi connectivity index (χ0) is 13.2. The smallest absolute Gasteiger partial charge is 0.0726 e. The number of para-hydroxylation sites is 1. The van der Waals surface area contributed by atoms with Gasteiger partial charge < -0.3 is 10.2 Å². The fourth-order valence-corrected chi connectivity index (χ4v) is 2.98. The van der Waals surface area contributed by atoms with Gasteiger partial charge in [0.15, 0.2) is 0 Å². The maximum absolute atomic E-state index is 4.63. The van der Waals surface area contributed by atoms with Crippen LogP contribution in [0.25, 0.3) is 10.9 Å². The van der Waals surface area contributed by atoms with Gasteiger partial charge in [0.1, 0.15) is 0 Å². The van der Waals surface area contributed by atoms with E-state index in [4.69, 9.17) is 0 Å². The van der Waals surface area contributed by atoms with Crippen LogP contribution in [0.3, 0.4) is 0 Å². The first kappa shape index (κ1) is 12.4. The first-order chi connectivity index (χ1) is 9.28. The lowest BCUT2D eigenvalue weighted by atomic mass is 10.0. The van der Waals surface area contributed by atoms with Crippen molar-refractivity contribution in [3.63, 3.8) is 0 Å². The molecular formula is C16H21N3. The van der Waals surface area contributed by atoms with Gasteiger partial charge in [0, 0.05) is 35.9 Å². The van der Waals surface area contributed by atoms with E-state index in [2.05, 4.69) is 59.5 Å². The second-order valence-corrected chi connectivity index (χ2v) is 5.37. The van der Waals surface area contributed by atoms with Crippen LogP contribution in [0.5, 0.6) is 0 Å². The molecule has 1 saturated heterocycles. The van der Waals surface area contributed by atoms with Crippen LogP contribution < -0.4 is 10.2 Å². The summed E-state index contributed by atoms with van der Waals surface area (Å²) >= 11 is 0. The van der Waals surface area contributed by atoms with Crippen molar-refractivity contribution in [1.82, 2.24) is 10.3 Å². The Hall–Kier alpha value is -1.61. The number of nitrogens with zero attached hydrogens (tertiary/aromatic N) is 2. The first-order valence-electron chi connectivity index (χ1n) is 7.06. The van der Waals surface area contributed by atoms with Gasteiger partial charge in [-0.2, -0.15) is 0 Å². The van der Waals surface area contributed by atoms with E-state index < -0.39 is 0 Å². The van der Waals surface area contributed by atoms with E-state index in [1.807, 2.05) is 0 Å². The highest BCUT2D eigenvalue weighted by atomic mass is 15.2. The molecule has 1 aliphatic rings. The van der Waals surface area contributed by atoms with Crippen LogP contribution in [-0.4, -0.2) is 31.2 Å². The van der Waals surface area contributed by atoms with E-state index in [0.717, 1.165) is 24.3 Å².